The van der Waals surface area contributed by atoms with Crippen LogP contribution in [0.25, 0.3) is 55.9 Å². The van der Waals surface area contributed by atoms with E-state index in [1.807, 2.05) is 0 Å². The predicted octanol–water partition coefficient (Wildman–Crippen LogP) is 18.6. The van der Waals surface area contributed by atoms with Gasteiger partial charge < -0.3 is 25.1 Å². The molecule has 2 N–H and O–H groups in total. The Hall–Kier alpha value is -4.27. The molecule has 0 spiro atoms. The molecule has 8 aliphatic carbocycles. The molecule has 6 aromatic rings. The third-order valence-corrected chi connectivity index (χ3v) is 19.1. The van der Waals surface area contributed by atoms with Crippen molar-refractivity contribution in [2.24, 2.45) is 35.5 Å². The molecule has 8 fully saturated rings. The first-order valence-corrected chi connectivity index (χ1v) is 27.3. The molecule has 8 bridgehead atoms. The van der Waals surface area contributed by atoms with E-state index in [1.54, 1.807) is 0 Å². The van der Waals surface area contributed by atoms with Gasteiger partial charge in [0, 0.05) is 59.6 Å². The number of rotatable bonds is 7. The van der Waals surface area contributed by atoms with Gasteiger partial charge in [0.25, 0.3) is 0 Å². The Balaban J connectivity index is 0.00000219. The number of phenols is 2. The van der Waals surface area contributed by atoms with Crippen LogP contribution in [0.4, 0.5) is 0 Å². The second-order valence-corrected chi connectivity index (χ2v) is 27.3. The van der Waals surface area contributed by atoms with E-state index in [0.29, 0.717) is 11.5 Å². The average molecular weight is 1050 g/mol. The average Bonchev–Trinajstić information content (AvgIpc) is 3.29. The fraction of sp³-hybridized carbons (Fsp3) is 0.464. The van der Waals surface area contributed by atoms with Crippen LogP contribution in [-0.4, -0.2) is 15.2 Å². The Bertz CT molecular complexity index is 2780. The largest absolute Gasteiger partial charge is 0.507 e. The molecule has 1 heterocycles. The predicted molar refractivity (Wildman–Crippen MR) is 303 cm³/mol. The summed E-state index contributed by atoms with van der Waals surface area (Å²) in [4.78, 5) is 5.72. The molecular weight excluding hydrogens is 966 g/mol. The Morgan fingerprint density at radius 1 is 0.384 bits per heavy atom. The van der Waals surface area contributed by atoms with Gasteiger partial charge in [-0.25, -0.2) is 4.98 Å². The number of aromatic hydroxyl groups is 2. The second-order valence-electron chi connectivity index (χ2n) is 27.3. The van der Waals surface area contributed by atoms with Gasteiger partial charge >= 0.3 is 0 Å². The summed E-state index contributed by atoms with van der Waals surface area (Å²) in [5.41, 5.74) is 16.0. The SMILES string of the molecule is CC(C)(C)c1ccc(-c2cc(-c3ccccc3-c3cc(C(C)(C)C)cc(C45CC6CC(CC(C6)C4)C5)c3O)nc(-c3ccccc3-c3cc(C(C)(C)C)cc(C45CC6CC(CC(C6)C4)C5)c3O)c2)cc1.[CH3-].[CH3-].[Zr]. The third-order valence-electron chi connectivity index (χ3n) is 19.1. The second kappa shape index (κ2) is 19.1. The van der Waals surface area contributed by atoms with E-state index in [9.17, 15) is 10.2 Å². The maximum atomic E-state index is 12.9. The maximum Gasteiger partial charge on any atom is 0.127 e. The molecular formula is C69H83NO2Zr-2. The van der Waals surface area contributed by atoms with Crippen LogP contribution in [0.2, 0.25) is 0 Å². The fourth-order valence-corrected chi connectivity index (χ4v) is 16.3. The van der Waals surface area contributed by atoms with Crippen LogP contribution in [0.1, 0.15) is 167 Å². The normalized spacial score (nSPS) is 26.8. The molecule has 4 heteroatoms. The van der Waals surface area contributed by atoms with E-state index in [2.05, 4.69) is 172 Å². The van der Waals surface area contributed by atoms with Crippen LogP contribution in [0, 0.1) is 50.4 Å². The van der Waals surface area contributed by atoms with Crippen molar-refractivity contribution in [2.45, 2.75) is 166 Å². The number of aromatic nitrogens is 1. The van der Waals surface area contributed by atoms with Crippen molar-refractivity contribution in [1.82, 2.24) is 4.98 Å². The first-order chi connectivity index (χ1) is 33.2. The van der Waals surface area contributed by atoms with Crippen molar-refractivity contribution in [3.05, 3.63) is 152 Å². The molecule has 8 aliphatic rings. The van der Waals surface area contributed by atoms with Gasteiger partial charge in [-0.15, -0.1) is 0 Å². The van der Waals surface area contributed by atoms with E-state index in [1.165, 1.54) is 105 Å². The van der Waals surface area contributed by atoms with Gasteiger partial charge in [-0.2, -0.15) is 0 Å². The Kier molecular flexibility index (Phi) is 14.0. The number of hydrogen-bond acceptors (Lipinski definition) is 3. The fourth-order valence-electron chi connectivity index (χ4n) is 16.3. The zero-order chi connectivity index (χ0) is 48.7. The number of pyridine rings is 1. The molecule has 14 rings (SSSR count). The van der Waals surface area contributed by atoms with Crippen molar-refractivity contribution in [2.75, 3.05) is 0 Å². The van der Waals surface area contributed by atoms with Gasteiger partial charge in [0.1, 0.15) is 11.5 Å². The van der Waals surface area contributed by atoms with Crippen LogP contribution in [0.3, 0.4) is 0 Å². The summed E-state index contributed by atoms with van der Waals surface area (Å²) in [6, 6.07) is 40.4. The minimum atomic E-state index is -0.103. The zero-order valence-corrected chi connectivity index (χ0v) is 48.6. The molecule has 0 unspecified atom stereocenters. The monoisotopic (exact) mass is 1050 g/mol. The summed E-state index contributed by atoms with van der Waals surface area (Å²) in [6.45, 7) is 20.7. The molecule has 3 nitrogen and oxygen atoms in total. The number of phenolic OH excluding ortho intramolecular Hbond substituents is 2. The Labute approximate surface area is 459 Å². The quantitative estimate of drug-likeness (QED) is 0.157. The van der Waals surface area contributed by atoms with Gasteiger partial charge in [0.05, 0.1) is 11.4 Å². The van der Waals surface area contributed by atoms with Crippen molar-refractivity contribution in [3.8, 4) is 67.4 Å². The van der Waals surface area contributed by atoms with E-state index in [4.69, 9.17) is 4.98 Å². The molecule has 0 amide bonds. The molecule has 0 aliphatic heterocycles. The molecule has 1 aromatic heterocycles. The van der Waals surface area contributed by atoms with Crippen molar-refractivity contribution < 1.29 is 36.4 Å². The minimum Gasteiger partial charge on any atom is -0.507 e. The first kappa shape index (κ1) is 53.6. The minimum absolute atomic E-state index is 0. The van der Waals surface area contributed by atoms with Crippen LogP contribution in [0.15, 0.2) is 109 Å². The van der Waals surface area contributed by atoms with Crippen molar-refractivity contribution in [1.29, 1.82) is 0 Å². The van der Waals surface area contributed by atoms with Crippen LogP contribution in [0.5, 0.6) is 11.5 Å². The van der Waals surface area contributed by atoms with Gasteiger partial charge in [-0.05, 0) is 203 Å². The Morgan fingerprint density at radius 2 is 0.699 bits per heavy atom. The molecule has 8 saturated carbocycles. The molecule has 0 radical (unpaired) electrons. The van der Waals surface area contributed by atoms with Crippen molar-refractivity contribution in [3.63, 3.8) is 0 Å². The van der Waals surface area contributed by atoms with Gasteiger partial charge in [0.15, 0.2) is 0 Å². The van der Waals surface area contributed by atoms with Crippen LogP contribution < -0.4 is 0 Å². The van der Waals surface area contributed by atoms with E-state index in [-0.39, 0.29) is 68.1 Å². The number of benzene rings is 5. The van der Waals surface area contributed by atoms with Crippen molar-refractivity contribution >= 4 is 0 Å². The first-order valence-electron chi connectivity index (χ1n) is 27.3. The molecule has 73 heavy (non-hydrogen) atoms. The third kappa shape index (κ3) is 9.48. The number of hydrogen-bond donors (Lipinski definition) is 2. The summed E-state index contributed by atoms with van der Waals surface area (Å²) in [7, 11) is 0. The van der Waals surface area contributed by atoms with E-state index in [0.717, 1.165) is 91.4 Å². The zero-order valence-electron chi connectivity index (χ0n) is 46.2. The standard InChI is InChI=1S/C67H77NO2.2CH3.Zr/c1-63(2,3)48-20-18-46(19-21-48)47-28-59(53-16-12-10-14-51(53)55-30-49(64(4,5)6)32-57(61(55)69)66-34-40-22-41(35-66)24-42(23-40)36-66)68-60(29-47)54-17-13-11-15-52(54)56-31-50(65(7,8)9)33-58(62(56)70)67-37-43-25-44(38-67)27-45(26-43)39-67;;;/h10-21,28-33,40-45,69-70H,22-27,34-39H2,1-9H3;2*1H3;/q;2*-1;. The van der Waals surface area contributed by atoms with Crippen LogP contribution in [-0.2, 0) is 53.3 Å². The topological polar surface area (TPSA) is 53.4 Å². The summed E-state index contributed by atoms with van der Waals surface area (Å²) in [5, 5.41) is 25.9. The Morgan fingerprint density at radius 3 is 1.01 bits per heavy atom. The summed E-state index contributed by atoms with van der Waals surface area (Å²) >= 11 is 0. The van der Waals surface area contributed by atoms with Gasteiger partial charge in [-0.3, -0.25) is 0 Å². The summed E-state index contributed by atoms with van der Waals surface area (Å²) in [6.07, 6.45) is 15.4. The molecule has 0 saturated heterocycles. The van der Waals surface area contributed by atoms with Gasteiger partial charge in [-0.1, -0.05) is 147 Å². The molecule has 0 atom stereocenters. The molecule has 5 aromatic carbocycles. The number of nitrogens with zero attached hydrogens (tertiary/aromatic N) is 1. The van der Waals surface area contributed by atoms with E-state index < -0.39 is 0 Å². The smallest absolute Gasteiger partial charge is 0.127 e. The van der Waals surface area contributed by atoms with Crippen LogP contribution >= 0.6 is 0 Å². The maximum absolute atomic E-state index is 12.9. The summed E-state index contributed by atoms with van der Waals surface area (Å²) in [5.74, 6) is 5.55. The summed E-state index contributed by atoms with van der Waals surface area (Å²) < 4.78 is 0. The van der Waals surface area contributed by atoms with E-state index >= 15 is 0 Å². The van der Waals surface area contributed by atoms with Gasteiger partial charge in [0.2, 0.25) is 0 Å². The molecule has 382 valence electrons.